The number of carbonyl (C=O) groups is 3. The van der Waals surface area contributed by atoms with Crippen LogP contribution in [0.15, 0.2) is 35.3 Å². The van der Waals surface area contributed by atoms with Gasteiger partial charge in [0.2, 0.25) is 11.8 Å². The van der Waals surface area contributed by atoms with Gasteiger partial charge in [-0.25, -0.2) is 9.18 Å². The Balaban J connectivity index is 2.94. The Hall–Kier alpha value is -2.22. The summed E-state index contributed by atoms with van der Waals surface area (Å²) >= 11 is 3.13. The van der Waals surface area contributed by atoms with Crippen LogP contribution in [0.5, 0.6) is 0 Å². The van der Waals surface area contributed by atoms with E-state index in [0.717, 1.165) is 0 Å². The number of amides is 2. The van der Waals surface area contributed by atoms with Crippen molar-refractivity contribution >= 4 is 33.7 Å². The SMILES string of the molecule is C=C(Br)C[C@H](NC(=O)[C@@H](Cc1ccccc1F)NC(C)=O)C(=O)OC. The molecule has 0 spiro atoms. The number of ether oxygens (including phenoxy) is 1. The second kappa shape index (κ2) is 9.93. The molecule has 2 atom stereocenters. The third kappa shape index (κ3) is 7.04. The molecule has 0 aliphatic rings. The van der Waals surface area contributed by atoms with Crippen LogP contribution >= 0.6 is 15.9 Å². The lowest BCUT2D eigenvalue weighted by molar-refractivity contribution is -0.145. The van der Waals surface area contributed by atoms with Crippen molar-refractivity contribution in [3.8, 4) is 0 Å². The van der Waals surface area contributed by atoms with E-state index in [1.54, 1.807) is 6.07 Å². The molecule has 0 saturated carbocycles. The van der Waals surface area contributed by atoms with E-state index in [-0.39, 0.29) is 18.4 Å². The summed E-state index contributed by atoms with van der Waals surface area (Å²) in [7, 11) is 1.20. The van der Waals surface area contributed by atoms with E-state index < -0.39 is 35.7 Å². The lowest BCUT2D eigenvalue weighted by atomic mass is 10.0. The average Bonchev–Trinajstić information content (AvgIpc) is 2.53. The minimum absolute atomic E-state index is 0.0543. The molecule has 0 saturated heterocycles. The molecule has 0 aliphatic heterocycles. The Bertz CT molecular complexity index is 666. The molecule has 2 N–H and O–H groups in total. The van der Waals surface area contributed by atoms with E-state index in [4.69, 9.17) is 0 Å². The first kappa shape index (κ1) is 20.8. The molecule has 25 heavy (non-hydrogen) atoms. The standard InChI is InChI=1S/C17H20BrFN2O4/c1-10(18)8-15(17(24)25-3)21-16(23)14(20-11(2)22)9-12-6-4-5-7-13(12)19/h4-7,14-15H,1,8-9H2,2-3H3,(H,20,22)(H,21,23)/t14-,15+/m1/s1. The lowest BCUT2D eigenvalue weighted by Gasteiger charge is -2.22. The first-order chi connectivity index (χ1) is 11.7. The summed E-state index contributed by atoms with van der Waals surface area (Å²) in [5, 5.41) is 4.97. The van der Waals surface area contributed by atoms with Crippen molar-refractivity contribution in [1.29, 1.82) is 0 Å². The molecule has 1 rings (SSSR count). The van der Waals surface area contributed by atoms with Gasteiger partial charge >= 0.3 is 5.97 Å². The monoisotopic (exact) mass is 414 g/mol. The summed E-state index contributed by atoms with van der Waals surface area (Å²) in [6.07, 6.45) is 0.0616. The molecule has 1 aromatic rings. The van der Waals surface area contributed by atoms with Crippen LogP contribution in [0.4, 0.5) is 4.39 Å². The van der Waals surface area contributed by atoms with E-state index in [9.17, 15) is 18.8 Å². The summed E-state index contributed by atoms with van der Waals surface area (Å²) in [6, 6.07) is 3.94. The van der Waals surface area contributed by atoms with E-state index in [0.29, 0.717) is 4.48 Å². The number of esters is 1. The van der Waals surface area contributed by atoms with Gasteiger partial charge in [0.05, 0.1) is 7.11 Å². The molecule has 0 unspecified atom stereocenters. The Kier molecular flexibility index (Phi) is 8.27. The third-order valence-electron chi connectivity index (χ3n) is 3.30. The number of hydrogen-bond donors (Lipinski definition) is 2. The number of rotatable bonds is 8. The van der Waals surface area contributed by atoms with Crippen LogP contribution in [0.1, 0.15) is 18.9 Å². The largest absolute Gasteiger partial charge is 0.467 e. The molecule has 0 heterocycles. The van der Waals surface area contributed by atoms with Crippen LogP contribution in [-0.2, 0) is 25.5 Å². The van der Waals surface area contributed by atoms with Crippen molar-refractivity contribution in [3.05, 3.63) is 46.7 Å². The minimum atomic E-state index is -1.04. The molecule has 1 aromatic carbocycles. The number of halogens is 2. The first-order valence-corrected chi connectivity index (χ1v) is 8.25. The molecule has 136 valence electrons. The fourth-order valence-electron chi connectivity index (χ4n) is 2.17. The van der Waals surface area contributed by atoms with Crippen LogP contribution < -0.4 is 10.6 Å². The van der Waals surface area contributed by atoms with Crippen molar-refractivity contribution < 1.29 is 23.5 Å². The first-order valence-electron chi connectivity index (χ1n) is 7.46. The zero-order chi connectivity index (χ0) is 19.0. The van der Waals surface area contributed by atoms with Gasteiger partial charge in [0.25, 0.3) is 0 Å². The summed E-state index contributed by atoms with van der Waals surface area (Å²) in [5.41, 5.74) is 0.274. The smallest absolute Gasteiger partial charge is 0.328 e. The normalized spacial score (nSPS) is 12.6. The zero-order valence-electron chi connectivity index (χ0n) is 14.0. The van der Waals surface area contributed by atoms with Gasteiger partial charge in [-0.1, -0.05) is 40.7 Å². The van der Waals surface area contributed by atoms with E-state index in [1.165, 1.54) is 32.2 Å². The number of hydrogen-bond acceptors (Lipinski definition) is 4. The van der Waals surface area contributed by atoms with Crippen LogP contribution in [0.3, 0.4) is 0 Å². The highest BCUT2D eigenvalue weighted by atomic mass is 79.9. The van der Waals surface area contributed by atoms with Gasteiger partial charge in [0.1, 0.15) is 17.9 Å². The van der Waals surface area contributed by atoms with Crippen molar-refractivity contribution in [2.75, 3.05) is 7.11 Å². The molecule has 0 aliphatic carbocycles. The van der Waals surface area contributed by atoms with Gasteiger partial charge < -0.3 is 15.4 Å². The molecular formula is C17H20BrFN2O4. The fraction of sp³-hybridized carbons (Fsp3) is 0.353. The molecule has 0 aromatic heterocycles. The average molecular weight is 415 g/mol. The Morgan fingerprint density at radius 1 is 1.24 bits per heavy atom. The maximum absolute atomic E-state index is 13.8. The third-order valence-corrected chi connectivity index (χ3v) is 3.63. The van der Waals surface area contributed by atoms with Gasteiger partial charge in [0, 0.05) is 19.8 Å². The zero-order valence-corrected chi connectivity index (χ0v) is 15.6. The molecule has 0 radical (unpaired) electrons. The topological polar surface area (TPSA) is 84.5 Å². The Morgan fingerprint density at radius 3 is 2.40 bits per heavy atom. The number of carbonyl (C=O) groups excluding carboxylic acids is 3. The highest BCUT2D eigenvalue weighted by Gasteiger charge is 2.27. The van der Waals surface area contributed by atoms with Gasteiger partial charge in [-0.3, -0.25) is 9.59 Å². The highest BCUT2D eigenvalue weighted by Crippen LogP contribution is 2.13. The van der Waals surface area contributed by atoms with Gasteiger partial charge in [-0.05, 0) is 16.1 Å². The maximum atomic E-state index is 13.8. The summed E-state index contributed by atoms with van der Waals surface area (Å²) in [5.74, 6) is -2.20. The molecular weight excluding hydrogens is 395 g/mol. The molecule has 2 amide bonds. The fourth-order valence-corrected chi connectivity index (χ4v) is 2.49. The second-order valence-electron chi connectivity index (χ2n) is 5.35. The van der Waals surface area contributed by atoms with Crippen molar-refractivity contribution in [2.24, 2.45) is 0 Å². The van der Waals surface area contributed by atoms with Gasteiger partial charge in [-0.15, -0.1) is 0 Å². The molecule has 6 nitrogen and oxygen atoms in total. The highest BCUT2D eigenvalue weighted by molar-refractivity contribution is 9.11. The number of benzene rings is 1. The van der Waals surface area contributed by atoms with Gasteiger partial charge in [-0.2, -0.15) is 0 Å². The van der Waals surface area contributed by atoms with E-state index in [2.05, 4.69) is 37.9 Å². The predicted molar refractivity (Wildman–Crippen MR) is 94.3 cm³/mol. The van der Waals surface area contributed by atoms with Crippen LogP contribution in [0.25, 0.3) is 0 Å². The summed E-state index contributed by atoms with van der Waals surface area (Å²) in [6.45, 7) is 4.88. The number of nitrogens with one attached hydrogen (secondary N) is 2. The molecule has 0 fully saturated rings. The maximum Gasteiger partial charge on any atom is 0.328 e. The van der Waals surface area contributed by atoms with E-state index in [1.807, 2.05) is 0 Å². The van der Waals surface area contributed by atoms with Crippen molar-refractivity contribution in [2.45, 2.75) is 31.8 Å². The van der Waals surface area contributed by atoms with Crippen LogP contribution in [-0.4, -0.2) is 37.0 Å². The predicted octanol–water partition coefficient (Wildman–Crippen LogP) is 1.83. The summed E-state index contributed by atoms with van der Waals surface area (Å²) < 4.78 is 19.0. The van der Waals surface area contributed by atoms with E-state index >= 15 is 0 Å². The Labute approximate surface area is 153 Å². The Morgan fingerprint density at radius 2 is 1.88 bits per heavy atom. The molecule has 8 heteroatoms. The summed E-state index contributed by atoms with van der Waals surface area (Å²) in [4.78, 5) is 35.7. The quantitative estimate of drug-likeness (QED) is 0.635. The van der Waals surface area contributed by atoms with Gasteiger partial charge in [0.15, 0.2) is 0 Å². The van der Waals surface area contributed by atoms with Crippen LogP contribution in [0.2, 0.25) is 0 Å². The van der Waals surface area contributed by atoms with Crippen LogP contribution in [0, 0.1) is 5.82 Å². The minimum Gasteiger partial charge on any atom is -0.467 e. The molecule has 0 bridgehead atoms. The number of methoxy groups -OCH3 is 1. The second-order valence-corrected chi connectivity index (χ2v) is 6.48. The van der Waals surface area contributed by atoms with Crippen molar-refractivity contribution in [1.82, 2.24) is 10.6 Å². The van der Waals surface area contributed by atoms with Crippen molar-refractivity contribution in [3.63, 3.8) is 0 Å². The lowest BCUT2D eigenvalue weighted by Crippen LogP contribution is -2.52.